The van der Waals surface area contributed by atoms with E-state index in [0.29, 0.717) is 28.6 Å². The Morgan fingerprint density at radius 2 is 0.828 bits per heavy atom. The molecule has 0 fully saturated rings. The van der Waals surface area contributed by atoms with E-state index in [1.54, 1.807) is 6.07 Å². The smallest absolute Gasteiger partial charge is 0.164 e. The van der Waals surface area contributed by atoms with Crippen LogP contribution in [0.4, 0.5) is 0 Å². The first-order valence-corrected chi connectivity index (χ1v) is 19.1. The van der Waals surface area contributed by atoms with Crippen molar-refractivity contribution in [1.29, 1.82) is 0 Å². The molecule has 0 amide bonds. The van der Waals surface area contributed by atoms with Gasteiger partial charge in [0.05, 0.1) is 9.60 Å². The normalized spacial score (nSPS) is 13.1. The lowest BCUT2D eigenvalue weighted by Crippen LogP contribution is -2.01. The van der Waals surface area contributed by atoms with Gasteiger partial charge in [0.1, 0.15) is 0 Å². The first kappa shape index (κ1) is 27.0. The third-order valence-electron chi connectivity index (χ3n) is 10.7. The standard InChI is InChI=1S/C55H35N3/c1-2-15-39(16-3-1)53-56-54(58-55(57-53)52-23-11-19-38-14-7-9-21-50(38)52)48-34-46(33-47(35-48)51-22-10-18-37-13-6-8-20-49(37)51)45-29-28-43-31-42(26-27-44(43)32-45)41-25-24-36-12-4-5-17-40(36)30-41/h1-35H/i6D,8D,10D,13D,18D,20D,22D. The van der Waals surface area contributed by atoms with Crippen LogP contribution in [0.25, 0.3) is 111 Å². The molecule has 0 unspecified atom stereocenters. The molecule has 0 saturated heterocycles. The van der Waals surface area contributed by atoms with Crippen molar-refractivity contribution in [1.82, 2.24) is 15.0 Å². The van der Waals surface area contributed by atoms with Crippen LogP contribution in [-0.2, 0) is 0 Å². The van der Waals surface area contributed by atoms with Crippen molar-refractivity contribution in [3.63, 3.8) is 0 Å². The van der Waals surface area contributed by atoms with E-state index < -0.39 is 30.2 Å². The Balaban J connectivity index is 1.16. The van der Waals surface area contributed by atoms with Crippen molar-refractivity contribution in [2.75, 3.05) is 0 Å². The molecule has 0 bridgehead atoms. The highest BCUT2D eigenvalue weighted by Gasteiger charge is 2.17. The lowest BCUT2D eigenvalue weighted by atomic mass is 9.92. The SMILES string of the molecule is [2H]c1c([2H])c([2H])c2c(-c3cc(-c4ccc5cc(-c6ccc7ccccc7c6)ccc5c4)cc(-c4nc(-c5ccccc5)nc(-c5cccc6ccccc56)n4)c3)c([2H])c([2H])c([2H])c2c1[2H]. The summed E-state index contributed by atoms with van der Waals surface area (Å²) in [5.74, 6) is 1.25. The molecule has 270 valence electrons. The molecule has 0 aliphatic heterocycles. The molecule has 58 heavy (non-hydrogen) atoms. The number of aromatic nitrogens is 3. The van der Waals surface area contributed by atoms with Gasteiger partial charge in [0.25, 0.3) is 0 Å². The Kier molecular flexibility index (Phi) is 6.54. The number of hydrogen-bond acceptors (Lipinski definition) is 3. The lowest BCUT2D eigenvalue weighted by molar-refractivity contribution is 1.08. The van der Waals surface area contributed by atoms with E-state index in [2.05, 4.69) is 60.7 Å². The van der Waals surface area contributed by atoms with Crippen LogP contribution in [0.1, 0.15) is 9.60 Å². The van der Waals surface area contributed by atoms with E-state index in [0.717, 1.165) is 54.9 Å². The Bertz CT molecular complexity index is 3750. The fourth-order valence-corrected chi connectivity index (χ4v) is 7.83. The van der Waals surface area contributed by atoms with Gasteiger partial charge in [-0.1, -0.05) is 176 Å². The Morgan fingerprint density at radius 3 is 1.62 bits per heavy atom. The topological polar surface area (TPSA) is 38.7 Å². The third kappa shape index (κ3) is 6.16. The minimum absolute atomic E-state index is 0.00176. The first-order valence-electron chi connectivity index (χ1n) is 22.6. The van der Waals surface area contributed by atoms with Gasteiger partial charge in [-0.2, -0.15) is 0 Å². The Morgan fingerprint density at radius 1 is 0.276 bits per heavy atom. The molecule has 0 N–H and O–H groups in total. The molecule has 3 nitrogen and oxygen atoms in total. The minimum Gasteiger partial charge on any atom is -0.208 e. The summed E-state index contributed by atoms with van der Waals surface area (Å²) in [6, 6.07) is 53.8. The highest BCUT2D eigenvalue weighted by Crippen LogP contribution is 2.38. The molecule has 1 heterocycles. The molecule has 10 aromatic carbocycles. The molecule has 1 aromatic heterocycles. The predicted octanol–water partition coefficient (Wildman–Crippen LogP) is 14.5. The highest BCUT2D eigenvalue weighted by atomic mass is 15.0. The Labute approximate surface area is 346 Å². The average molecular weight is 745 g/mol. The zero-order valence-corrected chi connectivity index (χ0v) is 31.0. The number of hydrogen-bond donors (Lipinski definition) is 0. The van der Waals surface area contributed by atoms with Gasteiger partial charge in [-0.05, 0) is 113 Å². The van der Waals surface area contributed by atoms with Crippen molar-refractivity contribution in [2.45, 2.75) is 0 Å². The molecular weight excluding hydrogens is 703 g/mol. The zero-order chi connectivity index (χ0) is 44.5. The van der Waals surface area contributed by atoms with Gasteiger partial charge >= 0.3 is 0 Å². The van der Waals surface area contributed by atoms with Crippen LogP contribution in [0.5, 0.6) is 0 Å². The fraction of sp³-hybridized carbons (Fsp3) is 0. The Hall–Kier alpha value is -7.75. The second kappa shape index (κ2) is 14.1. The summed E-state index contributed by atoms with van der Waals surface area (Å²) in [6.45, 7) is 0. The number of benzene rings is 10. The maximum absolute atomic E-state index is 9.31. The lowest BCUT2D eigenvalue weighted by Gasteiger charge is -2.14. The highest BCUT2D eigenvalue weighted by molar-refractivity contribution is 6.00. The minimum atomic E-state index is -0.506. The van der Waals surface area contributed by atoms with Crippen molar-refractivity contribution in [3.05, 3.63) is 212 Å². The number of fused-ring (bicyclic) bond motifs is 4. The molecule has 0 spiro atoms. The molecule has 3 heteroatoms. The molecule has 0 aliphatic carbocycles. The fourth-order valence-electron chi connectivity index (χ4n) is 7.83. The largest absolute Gasteiger partial charge is 0.208 e. The number of nitrogens with zero attached hydrogens (tertiary/aromatic N) is 3. The van der Waals surface area contributed by atoms with E-state index in [4.69, 9.17) is 23.2 Å². The van der Waals surface area contributed by atoms with Crippen LogP contribution >= 0.6 is 0 Å². The molecule has 0 saturated carbocycles. The third-order valence-corrected chi connectivity index (χ3v) is 10.7. The summed E-state index contributed by atoms with van der Waals surface area (Å²) in [5.41, 5.74) is 6.45. The van der Waals surface area contributed by atoms with Gasteiger partial charge in [0.15, 0.2) is 17.5 Å². The maximum Gasteiger partial charge on any atom is 0.164 e. The molecule has 0 atom stereocenters. The van der Waals surface area contributed by atoms with Crippen molar-refractivity contribution in [3.8, 4) is 67.5 Å². The van der Waals surface area contributed by atoms with E-state index in [1.807, 2.05) is 103 Å². The predicted molar refractivity (Wildman–Crippen MR) is 242 cm³/mol. The summed E-state index contributed by atoms with van der Waals surface area (Å²) in [4.78, 5) is 15.2. The van der Waals surface area contributed by atoms with E-state index in [9.17, 15) is 1.37 Å². The van der Waals surface area contributed by atoms with Crippen molar-refractivity contribution < 1.29 is 9.60 Å². The van der Waals surface area contributed by atoms with Crippen LogP contribution in [0, 0.1) is 0 Å². The van der Waals surface area contributed by atoms with Crippen molar-refractivity contribution in [2.24, 2.45) is 0 Å². The number of rotatable bonds is 6. The van der Waals surface area contributed by atoms with Crippen LogP contribution < -0.4 is 0 Å². The second-order valence-corrected chi connectivity index (χ2v) is 14.3. The van der Waals surface area contributed by atoms with Crippen LogP contribution in [-0.4, -0.2) is 15.0 Å². The molecule has 0 aliphatic rings. The quantitative estimate of drug-likeness (QED) is 0.170. The van der Waals surface area contributed by atoms with E-state index in [1.165, 1.54) is 10.8 Å². The average Bonchev–Trinajstić information content (AvgIpc) is 3.36. The maximum atomic E-state index is 9.31. The molecule has 0 radical (unpaired) electrons. The van der Waals surface area contributed by atoms with Gasteiger partial charge in [0, 0.05) is 16.7 Å². The molecule has 11 aromatic rings. The summed E-state index contributed by atoms with van der Waals surface area (Å²) in [7, 11) is 0. The monoisotopic (exact) mass is 744 g/mol. The molecule has 11 rings (SSSR count). The van der Waals surface area contributed by atoms with Crippen LogP contribution in [0.15, 0.2) is 212 Å². The van der Waals surface area contributed by atoms with E-state index in [-0.39, 0.29) is 28.4 Å². The summed E-state index contributed by atoms with van der Waals surface area (Å²) in [6.07, 6.45) is 0. The van der Waals surface area contributed by atoms with Gasteiger partial charge in [0.2, 0.25) is 0 Å². The summed E-state index contributed by atoms with van der Waals surface area (Å²) < 4.78 is 62.0. The summed E-state index contributed by atoms with van der Waals surface area (Å²) >= 11 is 0. The second-order valence-electron chi connectivity index (χ2n) is 14.3. The summed E-state index contributed by atoms with van der Waals surface area (Å²) in [5, 5.41) is 6.28. The van der Waals surface area contributed by atoms with Crippen molar-refractivity contribution >= 4 is 43.1 Å². The molecular formula is C55H35N3. The zero-order valence-electron chi connectivity index (χ0n) is 38.0. The van der Waals surface area contributed by atoms with Gasteiger partial charge in [-0.15, -0.1) is 0 Å². The van der Waals surface area contributed by atoms with E-state index >= 15 is 0 Å². The first-order chi connectivity index (χ1) is 31.6. The van der Waals surface area contributed by atoms with Crippen LogP contribution in [0.2, 0.25) is 0 Å². The van der Waals surface area contributed by atoms with Gasteiger partial charge in [-0.25, -0.2) is 15.0 Å². The van der Waals surface area contributed by atoms with Crippen LogP contribution in [0.3, 0.4) is 0 Å². The van der Waals surface area contributed by atoms with Gasteiger partial charge in [-0.3, -0.25) is 0 Å². The van der Waals surface area contributed by atoms with Gasteiger partial charge < -0.3 is 0 Å².